The van der Waals surface area contributed by atoms with Crippen LogP contribution < -0.4 is 4.74 Å². The number of nitriles is 1. The van der Waals surface area contributed by atoms with Crippen molar-refractivity contribution in [3.05, 3.63) is 102 Å². The van der Waals surface area contributed by atoms with Gasteiger partial charge in [0.15, 0.2) is 12.4 Å². The number of para-hydroxylation sites is 1. The number of hydrogen-bond acceptors (Lipinski definition) is 6. The van der Waals surface area contributed by atoms with E-state index < -0.39 is 5.41 Å². The van der Waals surface area contributed by atoms with Crippen molar-refractivity contribution in [2.45, 2.75) is 43.6 Å². The van der Waals surface area contributed by atoms with Gasteiger partial charge < -0.3 is 14.5 Å². The highest BCUT2D eigenvalue weighted by Gasteiger charge is 2.38. The lowest BCUT2D eigenvalue weighted by molar-refractivity contribution is -0.137. The van der Waals surface area contributed by atoms with Gasteiger partial charge in [0.1, 0.15) is 11.6 Å². The molecule has 9 nitrogen and oxygen atoms in total. The first-order valence-electron chi connectivity index (χ1n) is 14.8. The molecule has 218 valence electrons. The van der Waals surface area contributed by atoms with Crippen molar-refractivity contribution in [2.75, 3.05) is 26.2 Å². The van der Waals surface area contributed by atoms with Crippen molar-refractivity contribution in [2.24, 2.45) is 0 Å². The number of benzene rings is 3. The average molecular weight is 575 g/mol. The summed E-state index contributed by atoms with van der Waals surface area (Å²) >= 11 is 0. The zero-order chi connectivity index (χ0) is 29.6. The summed E-state index contributed by atoms with van der Waals surface area (Å²) in [6.45, 7) is 1.61. The molecule has 2 aliphatic rings. The lowest BCUT2D eigenvalue weighted by Gasteiger charge is -2.37. The molecular weight excluding hydrogens is 540 g/mol. The zero-order valence-corrected chi connectivity index (χ0v) is 24.0. The minimum atomic E-state index is -0.572. The Balaban J connectivity index is 1.13. The van der Waals surface area contributed by atoms with Crippen LogP contribution in [0.25, 0.3) is 11.4 Å². The molecule has 1 atom stereocenters. The molecule has 1 aromatic heterocycles. The van der Waals surface area contributed by atoms with Gasteiger partial charge in [0.25, 0.3) is 11.8 Å². The van der Waals surface area contributed by atoms with Gasteiger partial charge in [-0.25, -0.2) is 4.98 Å². The summed E-state index contributed by atoms with van der Waals surface area (Å²) in [5.41, 5.74) is 1.72. The maximum absolute atomic E-state index is 13.5. The Hall–Kier alpha value is -4.97. The Labute approximate surface area is 251 Å². The molecule has 2 fully saturated rings. The molecule has 2 aliphatic heterocycles. The quantitative estimate of drug-likeness (QED) is 0.320. The number of ether oxygens (including phenoxy) is 1. The number of hydrogen-bond donors (Lipinski definition) is 1. The topological polar surface area (TPSA) is 115 Å². The van der Waals surface area contributed by atoms with E-state index in [0.29, 0.717) is 55.4 Å². The molecule has 1 N–H and O–H groups in total. The number of H-pyrrole nitrogens is 1. The molecule has 43 heavy (non-hydrogen) atoms. The smallest absolute Gasteiger partial charge is 0.261 e. The van der Waals surface area contributed by atoms with Gasteiger partial charge in [-0.15, -0.1) is 0 Å². The Morgan fingerprint density at radius 3 is 2.44 bits per heavy atom. The molecule has 0 aliphatic carbocycles. The molecule has 6 rings (SSSR count). The van der Waals surface area contributed by atoms with E-state index in [9.17, 15) is 14.9 Å². The fourth-order valence-corrected chi connectivity index (χ4v) is 6.10. The average Bonchev–Trinajstić information content (AvgIpc) is 3.58. The Kier molecular flexibility index (Phi) is 8.18. The molecule has 2 saturated heterocycles. The van der Waals surface area contributed by atoms with E-state index in [1.54, 1.807) is 6.07 Å². The monoisotopic (exact) mass is 574 g/mol. The lowest BCUT2D eigenvalue weighted by atomic mass is 9.74. The van der Waals surface area contributed by atoms with Crippen molar-refractivity contribution < 1.29 is 14.3 Å². The van der Waals surface area contributed by atoms with Crippen LogP contribution in [0.4, 0.5) is 0 Å². The minimum absolute atomic E-state index is 0.0387. The van der Waals surface area contributed by atoms with Crippen LogP contribution in [0.5, 0.6) is 5.75 Å². The number of carbonyl (C=O) groups is 2. The van der Waals surface area contributed by atoms with Gasteiger partial charge in [-0.2, -0.15) is 10.4 Å². The molecule has 0 saturated carbocycles. The normalized spacial score (nSPS) is 18.1. The van der Waals surface area contributed by atoms with Crippen molar-refractivity contribution in [3.63, 3.8) is 0 Å². The van der Waals surface area contributed by atoms with Crippen LogP contribution in [-0.2, 0) is 10.2 Å². The third-order valence-corrected chi connectivity index (χ3v) is 8.56. The summed E-state index contributed by atoms with van der Waals surface area (Å²) in [6, 6.07) is 28.8. The Morgan fingerprint density at radius 2 is 1.70 bits per heavy atom. The number of carbonyl (C=O) groups excluding carboxylic acids is 2. The second-order valence-electron chi connectivity index (χ2n) is 11.2. The second-order valence-corrected chi connectivity index (χ2v) is 11.2. The number of likely N-dealkylation sites (tertiary alicyclic amines) is 2. The maximum atomic E-state index is 13.5. The fraction of sp³-hybridized carbons (Fsp3) is 0.324. The number of amides is 2. The Morgan fingerprint density at radius 1 is 0.953 bits per heavy atom. The standard InChI is InChI=1S/C34H34N6O3/c35-24-34(27-12-3-1-4-13-27)17-20-39(21-18-34)33(42)26-11-9-10-25(22-26)31-36-32(38-37-31)29-16-7-8-19-40(29)30(41)23-43-28-14-5-2-6-15-28/h1-6,9-15,22,29H,7-8,16-21,23H2,(H,36,37,38)/t29-/m1/s1. The van der Waals surface area contributed by atoms with Crippen molar-refractivity contribution in [1.29, 1.82) is 5.26 Å². The number of aromatic amines is 1. The molecule has 0 radical (unpaired) electrons. The predicted molar refractivity (Wildman–Crippen MR) is 161 cm³/mol. The van der Waals surface area contributed by atoms with Crippen LogP contribution in [0.3, 0.4) is 0 Å². The van der Waals surface area contributed by atoms with E-state index in [0.717, 1.165) is 30.4 Å². The molecule has 0 unspecified atom stereocenters. The van der Waals surface area contributed by atoms with Crippen LogP contribution >= 0.6 is 0 Å². The summed E-state index contributed by atoms with van der Waals surface area (Å²) in [5.74, 6) is 1.61. The van der Waals surface area contributed by atoms with Crippen molar-refractivity contribution >= 4 is 11.8 Å². The second kappa shape index (κ2) is 12.5. The van der Waals surface area contributed by atoms with Crippen molar-refractivity contribution in [3.8, 4) is 23.2 Å². The first-order valence-corrected chi connectivity index (χ1v) is 14.8. The van der Waals surface area contributed by atoms with Crippen LogP contribution in [0.15, 0.2) is 84.9 Å². The number of nitrogens with one attached hydrogen (secondary N) is 1. The SMILES string of the molecule is N#CC1(c2ccccc2)CCN(C(=O)c2cccc(-c3n[nH]c([C@H]4CCCCN4C(=O)COc4ccccc4)n3)c2)CC1. The first-order chi connectivity index (χ1) is 21.1. The molecular formula is C34H34N6O3. The zero-order valence-electron chi connectivity index (χ0n) is 24.0. The molecule has 4 aromatic rings. The summed E-state index contributed by atoms with van der Waals surface area (Å²) in [4.78, 5) is 35.0. The van der Waals surface area contributed by atoms with E-state index in [-0.39, 0.29) is 24.5 Å². The van der Waals surface area contributed by atoms with E-state index in [4.69, 9.17) is 9.72 Å². The molecule has 2 amide bonds. The van der Waals surface area contributed by atoms with Crippen LogP contribution in [0, 0.1) is 11.3 Å². The van der Waals surface area contributed by atoms with Crippen LogP contribution in [-0.4, -0.2) is 63.0 Å². The van der Waals surface area contributed by atoms with E-state index in [1.165, 1.54) is 0 Å². The van der Waals surface area contributed by atoms with Gasteiger partial charge in [-0.1, -0.05) is 60.7 Å². The first kappa shape index (κ1) is 28.2. The van der Waals surface area contributed by atoms with Gasteiger partial charge in [-0.3, -0.25) is 14.7 Å². The minimum Gasteiger partial charge on any atom is -0.484 e. The highest BCUT2D eigenvalue weighted by Crippen LogP contribution is 2.35. The van der Waals surface area contributed by atoms with Crippen LogP contribution in [0.2, 0.25) is 0 Å². The summed E-state index contributed by atoms with van der Waals surface area (Å²) in [7, 11) is 0. The molecule has 0 bridgehead atoms. The molecule has 3 aromatic carbocycles. The van der Waals surface area contributed by atoms with Gasteiger partial charge in [0, 0.05) is 30.8 Å². The van der Waals surface area contributed by atoms with Crippen LogP contribution in [0.1, 0.15) is 59.9 Å². The highest BCUT2D eigenvalue weighted by molar-refractivity contribution is 5.95. The van der Waals surface area contributed by atoms with E-state index >= 15 is 0 Å². The number of rotatable bonds is 7. The van der Waals surface area contributed by atoms with Gasteiger partial charge in [0.05, 0.1) is 17.5 Å². The van der Waals surface area contributed by atoms with E-state index in [1.807, 2.05) is 88.7 Å². The molecule has 9 heteroatoms. The van der Waals surface area contributed by atoms with Gasteiger partial charge in [0.2, 0.25) is 0 Å². The van der Waals surface area contributed by atoms with Gasteiger partial charge >= 0.3 is 0 Å². The van der Waals surface area contributed by atoms with Gasteiger partial charge in [-0.05, 0) is 61.9 Å². The number of aromatic nitrogens is 3. The summed E-state index contributed by atoms with van der Waals surface area (Å²) in [6.07, 6.45) is 3.88. The fourth-order valence-electron chi connectivity index (χ4n) is 6.10. The largest absolute Gasteiger partial charge is 0.484 e. The predicted octanol–water partition coefficient (Wildman–Crippen LogP) is 5.30. The lowest BCUT2D eigenvalue weighted by Crippen LogP contribution is -2.44. The summed E-state index contributed by atoms with van der Waals surface area (Å²) in [5, 5.41) is 17.5. The highest BCUT2D eigenvalue weighted by atomic mass is 16.5. The molecule has 0 spiro atoms. The third kappa shape index (κ3) is 6.00. The van der Waals surface area contributed by atoms with Crippen molar-refractivity contribution in [1.82, 2.24) is 25.0 Å². The summed E-state index contributed by atoms with van der Waals surface area (Å²) < 4.78 is 5.72. The number of nitrogens with zero attached hydrogens (tertiary/aromatic N) is 5. The molecule has 3 heterocycles. The third-order valence-electron chi connectivity index (χ3n) is 8.56. The van der Waals surface area contributed by atoms with E-state index in [2.05, 4.69) is 16.3 Å². The Bertz CT molecular complexity index is 1610. The number of piperidine rings is 2. The maximum Gasteiger partial charge on any atom is 0.261 e.